The minimum atomic E-state index is -0.464. The third-order valence-corrected chi connectivity index (χ3v) is 12.8. The van der Waals surface area contributed by atoms with Crippen molar-refractivity contribution in [2.24, 2.45) is 0 Å². The summed E-state index contributed by atoms with van der Waals surface area (Å²) in [6.45, 7) is 7.06. The van der Waals surface area contributed by atoms with Gasteiger partial charge in [-0.15, -0.1) is 24.8 Å². The van der Waals surface area contributed by atoms with Gasteiger partial charge in [-0.3, -0.25) is 39.6 Å². The number of pyridine rings is 2. The summed E-state index contributed by atoms with van der Waals surface area (Å²) in [4.78, 5) is 37.8. The lowest BCUT2D eigenvalue weighted by molar-refractivity contribution is -0.132. The van der Waals surface area contributed by atoms with Crippen molar-refractivity contribution in [3.63, 3.8) is 0 Å². The van der Waals surface area contributed by atoms with Crippen molar-refractivity contribution in [1.29, 1.82) is 0 Å². The van der Waals surface area contributed by atoms with Crippen LogP contribution in [0.5, 0.6) is 0 Å². The van der Waals surface area contributed by atoms with Crippen molar-refractivity contribution in [1.82, 2.24) is 50.0 Å². The standard InChI is InChI=1S/2C22H24FN5O.2ClH/c1-3-28-13-15-10-17(23)16(12-19(15)26-28)14-5-8-24-20(11-14)18-4-6-22(25-18)7-9-27(2)21(22)29;1-3-28-20-12-16(17(23)10-15(20)13-25-28)14-5-8-24-19(11-14)18-4-6-22(26-18)7-9-27(2)21(22)29;;/h5,8,10-13,18,25H,3-4,6-7,9H2,1-2H3;5,8,10-13,18,26H,3-4,6-7,9H2,1-2H3;2*1H/t2*18-,22+;;/m11../s1. The number of amides is 2. The molecular formula is C44H50Cl2F2N10O2. The van der Waals surface area contributed by atoms with Crippen LogP contribution in [0.4, 0.5) is 8.78 Å². The summed E-state index contributed by atoms with van der Waals surface area (Å²) in [6.07, 6.45) is 11.9. The maximum Gasteiger partial charge on any atom is 0.242 e. The molecule has 4 aliphatic heterocycles. The molecule has 2 spiro atoms. The van der Waals surface area contributed by atoms with Crippen LogP contribution in [0, 0.1) is 11.6 Å². The summed E-state index contributed by atoms with van der Waals surface area (Å²) in [5, 5.41) is 17.5. The Kier molecular flexibility index (Phi) is 12.1. The monoisotopic (exact) mass is 858 g/mol. The third-order valence-electron chi connectivity index (χ3n) is 12.8. The molecule has 12 nitrogen and oxygen atoms in total. The number of hydrogen-bond acceptors (Lipinski definition) is 8. The highest BCUT2D eigenvalue weighted by Crippen LogP contribution is 2.41. The van der Waals surface area contributed by atoms with Gasteiger partial charge in [0.15, 0.2) is 0 Å². The number of carbonyl (C=O) groups excluding carboxylic acids is 2. The number of nitrogens with zero attached hydrogens (tertiary/aromatic N) is 8. The fraction of sp³-hybridized carbons (Fsp3) is 0.409. The number of carbonyl (C=O) groups is 2. The first kappa shape index (κ1) is 43.1. The lowest BCUT2D eigenvalue weighted by atomic mass is 9.96. The summed E-state index contributed by atoms with van der Waals surface area (Å²) < 4.78 is 33.4. The molecular weight excluding hydrogens is 809 g/mol. The molecule has 2 amide bonds. The molecule has 0 unspecified atom stereocenters. The van der Waals surface area contributed by atoms with Crippen molar-refractivity contribution < 1.29 is 18.4 Å². The number of halogens is 4. The molecule has 4 saturated heterocycles. The minimum absolute atomic E-state index is 0. The Morgan fingerprint density at radius 1 is 0.717 bits per heavy atom. The van der Waals surface area contributed by atoms with Gasteiger partial charge in [0.2, 0.25) is 11.8 Å². The number of nitrogens with one attached hydrogen (secondary N) is 2. The van der Waals surface area contributed by atoms with E-state index in [2.05, 4.69) is 30.8 Å². The van der Waals surface area contributed by atoms with E-state index in [0.717, 1.165) is 109 Å². The zero-order valence-corrected chi connectivity index (χ0v) is 35.8. The van der Waals surface area contributed by atoms with Crippen molar-refractivity contribution in [2.75, 3.05) is 27.2 Å². The SMILES string of the molecule is CCn1cc2cc(F)c(-c3ccnc([C@H]4CC[C@@]5(CCN(C)C5=O)N4)c3)cc2n1.CCn1ncc2cc(F)c(-c3ccnc([C@H]4CC[C@@]5(CCN(C)C5=O)N4)c3)cc21.Cl.Cl. The number of likely N-dealkylation sites (tertiary alicyclic amines) is 2. The second kappa shape index (κ2) is 16.8. The summed E-state index contributed by atoms with van der Waals surface area (Å²) in [5.74, 6) is -0.206. The first-order valence-electron chi connectivity index (χ1n) is 20.3. The van der Waals surface area contributed by atoms with Crippen LogP contribution in [0.25, 0.3) is 44.1 Å². The van der Waals surface area contributed by atoms with Gasteiger partial charge in [0.05, 0.1) is 40.7 Å². The van der Waals surface area contributed by atoms with Crippen LogP contribution in [-0.2, 0) is 22.7 Å². The molecule has 0 aliphatic carbocycles. The zero-order chi connectivity index (χ0) is 40.3. The number of fused-ring (bicyclic) bond motifs is 2. The highest BCUT2D eigenvalue weighted by atomic mass is 35.5. The number of benzene rings is 2. The zero-order valence-electron chi connectivity index (χ0n) is 34.1. The number of rotatable bonds is 6. The van der Waals surface area contributed by atoms with Crippen molar-refractivity contribution in [2.45, 2.75) is 88.6 Å². The van der Waals surface area contributed by atoms with E-state index in [0.29, 0.717) is 11.1 Å². The molecule has 2 aromatic carbocycles. The predicted molar refractivity (Wildman–Crippen MR) is 232 cm³/mol. The van der Waals surface area contributed by atoms with Crippen LogP contribution < -0.4 is 10.6 Å². The van der Waals surface area contributed by atoms with Crippen LogP contribution in [-0.4, -0.2) is 89.4 Å². The first-order chi connectivity index (χ1) is 28.0. The lowest BCUT2D eigenvalue weighted by Crippen LogP contribution is -2.47. The van der Waals surface area contributed by atoms with Crippen molar-refractivity contribution in [3.8, 4) is 22.3 Å². The Morgan fingerprint density at radius 2 is 1.25 bits per heavy atom. The normalized spacial score (nSPS) is 23.5. The largest absolute Gasteiger partial charge is 0.344 e. The predicted octanol–water partition coefficient (Wildman–Crippen LogP) is 7.41. The van der Waals surface area contributed by atoms with Gasteiger partial charge in [-0.25, -0.2) is 8.78 Å². The molecule has 4 aliphatic rings. The second-order valence-corrected chi connectivity index (χ2v) is 16.3. The summed E-state index contributed by atoms with van der Waals surface area (Å²) >= 11 is 0. The Balaban J connectivity index is 0.000000176. The summed E-state index contributed by atoms with van der Waals surface area (Å²) in [7, 11) is 3.70. The van der Waals surface area contributed by atoms with E-state index in [1.54, 1.807) is 46.6 Å². The van der Waals surface area contributed by atoms with E-state index >= 15 is 0 Å². The second-order valence-electron chi connectivity index (χ2n) is 16.3. The van der Waals surface area contributed by atoms with Gasteiger partial charge in [-0.05, 0) is 112 Å². The smallest absolute Gasteiger partial charge is 0.242 e. The molecule has 0 radical (unpaired) electrons. The first-order valence-corrected chi connectivity index (χ1v) is 20.3. The average molecular weight is 860 g/mol. The molecule has 4 atom stereocenters. The number of aromatic nitrogens is 6. The molecule has 4 aromatic heterocycles. The van der Waals surface area contributed by atoms with Gasteiger partial charge in [-0.1, -0.05) is 0 Å². The highest BCUT2D eigenvalue weighted by molar-refractivity contribution is 5.90. The fourth-order valence-electron chi connectivity index (χ4n) is 9.44. The summed E-state index contributed by atoms with van der Waals surface area (Å²) in [5.41, 5.74) is 5.09. The quantitative estimate of drug-likeness (QED) is 0.178. The molecule has 2 N–H and O–H groups in total. The van der Waals surface area contributed by atoms with E-state index in [4.69, 9.17) is 0 Å². The van der Waals surface area contributed by atoms with Crippen LogP contribution in [0.2, 0.25) is 0 Å². The van der Waals surface area contributed by atoms with Gasteiger partial charge in [0, 0.05) is 80.8 Å². The lowest BCUT2D eigenvalue weighted by Gasteiger charge is -2.23. The molecule has 0 saturated carbocycles. The van der Waals surface area contributed by atoms with Crippen molar-refractivity contribution >= 4 is 58.4 Å². The van der Waals surface area contributed by atoms with E-state index in [-0.39, 0.29) is 60.3 Å². The van der Waals surface area contributed by atoms with Crippen LogP contribution in [0.1, 0.15) is 75.8 Å². The van der Waals surface area contributed by atoms with Gasteiger partial charge in [-0.2, -0.15) is 10.2 Å². The minimum Gasteiger partial charge on any atom is -0.344 e. The van der Waals surface area contributed by atoms with Gasteiger partial charge < -0.3 is 9.80 Å². The highest BCUT2D eigenvalue weighted by Gasteiger charge is 2.51. The van der Waals surface area contributed by atoms with Gasteiger partial charge in [0.1, 0.15) is 22.7 Å². The topological polar surface area (TPSA) is 126 Å². The molecule has 16 heteroatoms. The van der Waals surface area contributed by atoms with Crippen molar-refractivity contribution in [3.05, 3.63) is 96.3 Å². The third kappa shape index (κ3) is 7.52. The van der Waals surface area contributed by atoms with E-state index < -0.39 is 11.1 Å². The average Bonchev–Trinajstić information content (AvgIpc) is 4.11. The molecule has 8 heterocycles. The van der Waals surface area contributed by atoms with Gasteiger partial charge in [0.25, 0.3) is 0 Å². The maximum atomic E-state index is 14.8. The molecule has 0 bridgehead atoms. The molecule has 6 aromatic rings. The number of hydrogen-bond donors (Lipinski definition) is 2. The number of likely N-dealkylation sites (N-methyl/N-ethyl adjacent to an activating group) is 2. The van der Waals surface area contributed by atoms with Crippen LogP contribution in [0.3, 0.4) is 0 Å². The number of aryl methyl sites for hydroxylation is 2. The Labute approximate surface area is 359 Å². The molecule has 60 heavy (non-hydrogen) atoms. The van der Waals surface area contributed by atoms with Gasteiger partial charge >= 0.3 is 0 Å². The molecule has 10 rings (SSSR count). The molecule has 4 fully saturated rings. The van der Waals surface area contributed by atoms with E-state index in [1.807, 2.05) is 73.8 Å². The Hall–Kier alpha value is -5.02. The van der Waals surface area contributed by atoms with E-state index in [9.17, 15) is 18.4 Å². The Bertz CT molecular complexity index is 2570. The van der Waals surface area contributed by atoms with Crippen LogP contribution in [0.15, 0.2) is 73.3 Å². The Morgan fingerprint density at radius 3 is 1.75 bits per heavy atom. The fourth-order valence-corrected chi connectivity index (χ4v) is 9.44. The van der Waals surface area contributed by atoms with Crippen LogP contribution >= 0.6 is 24.8 Å². The molecule has 316 valence electrons. The summed E-state index contributed by atoms with van der Waals surface area (Å²) in [6, 6.07) is 14.3. The maximum absolute atomic E-state index is 14.8. The van der Waals surface area contributed by atoms with E-state index in [1.165, 1.54) is 0 Å².